The highest BCUT2D eigenvalue weighted by Crippen LogP contribution is 2.54. The van der Waals surface area contributed by atoms with Crippen molar-refractivity contribution < 1.29 is 9.47 Å². The Kier molecular flexibility index (Phi) is 5.46. The molecule has 0 aliphatic heterocycles. The van der Waals surface area contributed by atoms with Crippen molar-refractivity contribution in [2.45, 2.75) is 46.5 Å². The molecule has 1 aromatic carbocycles. The molecule has 3 rings (SSSR count). The summed E-state index contributed by atoms with van der Waals surface area (Å²) in [4.78, 5) is 0. The number of allylic oxidation sites excluding steroid dienone is 1. The van der Waals surface area contributed by atoms with Gasteiger partial charge in [-0.15, -0.1) is 0 Å². The molecule has 138 valence electrons. The molecular weight excluding hydrogens is 308 g/mol. The first-order chi connectivity index (χ1) is 12.0. The Morgan fingerprint density at radius 2 is 1.80 bits per heavy atom. The molecule has 2 nitrogen and oxygen atoms in total. The Morgan fingerprint density at radius 1 is 1.04 bits per heavy atom. The molecule has 0 amide bonds. The largest absolute Gasteiger partial charge is 0.497 e. The van der Waals surface area contributed by atoms with Crippen LogP contribution in [0.1, 0.15) is 45.6 Å². The standard InChI is InChI=1S/C23H34O2/c1-14-8-7-9-20-21(16(3)15(2)17(4)23(14)20)13-18-12-19(24-5)10-11-22(18)25-6/h10-12,15-17,20-21,23H,1,7-9,13H2,2-6H3/t15?,16-,17+,20-,21+,23-/m0/s1. The van der Waals surface area contributed by atoms with Crippen LogP contribution >= 0.6 is 0 Å². The quantitative estimate of drug-likeness (QED) is 0.648. The molecule has 2 aliphatic carbocycles. The molecular formula is C23H34O2. The Labute approximate surface area is 153 Å². The van der Waals surface area contributed by atoms with Gasteiger partial charge >= 0.3 is 0 Å². The van der Waals surface area contributed by atoms with Gasteiger partial charge in [-0.25, -0.2) is 0 Å². The summed E-state index contributed by atoms with van der Waals surface area (Å²) in [5.41, 5.74) is 2.79. The van der Waals surface area contributed by atoms with E-state index in [4.69, 9.17) is 9.47 Å². The van der Waals surface area contributed by atoms with Crippen LogP contribution in [0.4, 0.5) is 0 Å². The van der Waals surface area contributed by atoms with E-state index in [0.29, 0.717) is 11.8 Å². The Morgan fingerprint density at radius 3 is 2.48 bits per heavy atom. The maximum atomic E-state index is 5.65. The number of benzene rings is 1. The van der Waals surface area contributed by atoms with E-state index in [1.54, 1.807) is 14.2 Å². The van der Waals surface area contributed by atoms with E-state index in [-0.39, 0.29) is 0 Å². The lowest BCUT2D eigenvalue weighted by Gasteiger charge is -2.52. The third-order valence-electron chi connectivity index (χ3n) is 7.36. The third-order valence-corrected chi connectivity index (χ3v) is 7.36. The van der Waals surface area contributed by atoms with Gasteiger partial charge in [-0.2, -0.15) is 0 Å². The van der Waals surface area contributed by atoms with E-state index in [0.717, 1.165) is 41.6 Å². The highest BCUT2D eigenvalue weighted by atomic mass is 16.5. The maximum absolute atomic E-state index is 5.65. The summed E-state index contributed by atoms with van der Waals surface area (Å²) in [6.45, 7) is 11.8. The van der Waals surface area contributed by atoms with Crippen molar-refractivity contribution in [2.75, 3.05) is 14.2 Å². The van der Waals surface area contributed by atoms with Gasteiger partial charge < -0.3 is 9.47 Å². The molecule has 2 fully saturated rings. The first-order valence-corrected chi connectivity index (χ1v) is 9.86. The molecule has 0 bridgehead atoms. The van der Waals surface area contributed by atoms with Gasteiger partial charge in [0.25, 0.3) is 0 Å². The van der Waals surface area contributed by atoms with Crippen LogP contribution in [0.3, 0.4) is 0 Å². The smallest absolute Gasteiger partial charge is 0.122 e. The SMILES string of the molecule is C=C1CCC[C@H]2[C@H](Cc3cc(OC)ccc3OC)[C@@H](C)C(C)[C@@H](C)[C@H]12. The fourth-order valence-electron chi connectivity index (χ4n) is 5.67. The number of rotatable bonds is 4. The Balaban J connectivity index is 1.93. The predicted molar refractivity (Wildman–Crippen MR) is 104 cm³/mol. The molecule has 0 spiro atoms. The van der Waals surface area contributed by atoms with Crippen molar-refractivity contribution in [2.24, 2.45) is 35.5 Å². The van der Waals surface area contributed by atoms with E-state index < -0.39 is 0 Å². The number of fused-ring (bicyclic) bond motifs is 1. The molecule has 0 aromatic heterocycles. The highest BCUT2D eigenvalue weighted by Gasteiger charge is 2.47. The fourth-order valence-corrected chi connectivity index (χ4v) is 5.67. The number of methoxy groups -OCH3 is 2. The molecule has 0 saturated heterocycles. The van der Waals surface area contributed by atoms with Crippen LogP contribution < -0.4 is 9.47 Å². The van der Waals surface area contributed by atoms with Crippen molar-refractivity contribution in [3.8, 4) is 11.5 Å². The first kappa shape index (κ1) is 18.4. The maximum Gasteiger partial charge on any atom is 0.122 e. The molecule has 2 heteroatoms. The minimum atomic E-state index is 0.689. The Hall–Kier alpha value is -1.44. The molecule has 1 aromatic rings. The van der Waals surface area contributed by atoms with Crippen LogP contribution in [-0.4, -0.2) is 14.2 Å². The molecule has 2 saturated carbocycles. The summed E-state index contributed by atoms with van der Waals surface area (Å²) >= 11 is 0. The molecule has 6 atom stereocenters. The zero-order valence-electron chi connectivity index (χ0n) is 16.5. The van der Waals surface area contributed by atoms with Gasteiger partial charge in [-0.3, -0.25) is 0 Å². The monoisotopic (exact) mass is 342 g/mol. The van der Waals surface area contributed by atoms with Gasteiger partial charge in [0, 0.05) is 0 Å². The van der Waals surface area contributed by atoms with E-state index in [1.165, 1.54) is 30.4 Å². The van der Waals surface area contributed by atoms with Crippen molar-refractivity contribution in [3.63, 3.8) is 0 Å². The van der Waals surface area contributed by atoms with Crippen molar-refractivity contribution in [1.82, 2.24) is 0 Å². The topological polar surface area (TPSA) is 18.5 Å². The second-order valence-corrected chi connectivity index (χ2v) is 8.36. The van der Waals surface area contributed by atoms with Gasteiger partial charge in [-0.1, -0.05) is 32.9 Å². The van der Waals surface area contributed by atoms with E-state index in [9.17, 15) is 0 Å². The van der Waals surface area contributed by atoms with Gasteiger partial charge in [-0.05, 0) is 85.0 Å². The summed E-state index contributed by atoms with van der Waals surface area (Å²) in [5, 5.41) is 0. The first-order valence-electron chi connectivity index (χ1n) is 9.86. The van der Waals surface area contributed by atoms with Crippen molar-refractivity contribution in [1.29, 1.82) is 0 Å². The van der Waals surface area contributed by atoms with Crippen LogP contribution in [0.25, 0.3) is 0 Å². The van der Waals surface area contributed by atoms with E-state index in [1.807, 2.05) is 12.1 Å². The van der Waals surface area contributed by atoms with Crippen LogP contribution in [0.2, 0.25) is 0 Å². The van der Waals surface area contributed by atoms with Crippen molar-refractivity contribution >= 4 is 0 Å². The summed E-state index contributed by atoms with van der Waals surface area (Å²) in [5.74, 6) is 6.26. The summed E-state index contributed by atoms with van der Waals surface area (Å²) < 4.78 is 11.1. The summed E-state index contributed by atoms with van der Waals surface area (Å²) in [6.07, 6.45) is 4.95. The van der Waals surface area contributed by atoms with Gasteiger partial charge in [0.1, 0.15) is 11.5 Å². The second-order valence-electron chi connectivity index (χ2n) is 8.36. The Bertz CT molecular complexity index is 621. The lowest BCUT2D eigenvalue weighted by atomic mass is 9.52. The second kappa shape index (κ2) is 7.43. The molecule has 25 heavy (non-hydrogen) atoms. The predicted octanol–water partition coefficient (Wildman–Crippen LogP) is 5.76. The van der Waals surface area contributed by atoms with Crippen LogP contribution in [0, 0.1) is 35.5 Å². The van der Waals surface area contributed by atoms with Crippen LogP contribution in [0.5, 0.6) is 11.5 Å². The zero-order valence-corrected chi connectivity index (χ0v) is 16.5. The summed E-state index contributed by atoms with van der Waals surface area (Å²) in [7, 11) is 3.51. The molecule has 0 N–H and O–H groups in total. The number of ether oxygens (including phenoxy) is 2. The molecule has 0 radical (unpaired) electrons. The minimum Gasteiger partial charge on any atom is -0.497 e. The van der Waals surface area contributed by atoms with E-state index >= 15 is 0 Å². The van der Waals surface area contributed by atoms with Gasteiger partial charge in [0.2, 0.25) is 0 Å². The average Bonchev–Trinajstić information content (AvgIpc) is 2.63. The van der Waals surface area contributed by atoms with Gasteiger partial charge in [0.05, 0.1) is 14.2 Å². The summed E-state index contributed by atoms with van der Waals surface area (Å²) in [6, 6.07) is 6.20. The average molecular weight is 343 g/mol. The van der Waals surface area contributed by atoms with Crippen LogP contribution in [-0.2, 0) is 6.42 Å². The molecule has 2 aliphatic rings. The third kappa shape index (κ3) is 3.32. The van der Waals surface area contributed by atoms with Crippen LogP contribution in [0.15, 0.2) is 30.4 Å². The molecule has 0 heterocycles. The van der Waals surface area contributed by atoms with Crippen molar-refractivity contribution in [3.05, 3.63) is 35.9 Å². The number of hydrogen-bond acceptors (Lipinski definition) is 2. The lowest BCUT2D eigenvalue weighted by Crippen LogP contribution is -2.46. The van der Waals surface area contributed by atoms with E-state index in [2.05, 4.69) is 33.4 Å². The zero-order chi connectivity index (χ0) is 18.1. The fraction of sp³-hybridized carbons (Fsp3) is 0.652. The molecule has 1 unspecified atom stereocenters. The normalized spacial score (nSPS) is 35.2. The minimum absolute atomic E-state index is 0.689. The van der Waals surface area contributed by atoms with Gasteiger partial charge in [0.15, 0.2) is 0 Å². The lowest BCUT2D eigenvalue weighted by molar-refractivity contribution is 0.00351. The number of hydrogen-bond donors (Lipinski definition) is 0. The highest BCUT2D eigenvalue weighted by molar-refractivity contribution is 5.40.